The summed E-state index contributed by atoms with van der Waals surface area (Å²) in [6.45, 7) is 6.13. The number of hydrogen-bond acceptors (Lipinski definition) is 5. The Morgan fingerprint density at radius 3 is 1.97 bits per heavy atom. The zero-order chi connectivity index (χ0) is 23.5. The highest BCUT2D eigenvalue weighted by molar-refractivity contribution is 7.99. The summed E-state index contributed by atoms with van der Waals surface area (Å²) in [4.78, 5) is 27.6. The van der Waals surface area contributed by atoms with Crippen LogP contribution in [0.3, 0.4) is 0 Å². The molecule has 32 heavy (non-hydrogen) atoms. The smallest absolute Gasteiger partial charge is 0.242 e. The lowest BCUT2D eigenvalue weighted by Gasteiger charge is -2.29. The van der Waals surface area contributed by atoms with Gasteiger partial charge in [0, 0.05) is 18.3 Å². The van der Waals surface area contributed by atoms with E-state index >= 15 is 0 Å². The van der Waals surface area contributed by atoms with E-state index in [0.717, 1.165) is 29.0 Å². The Morgan fingerprint density at radius 1 is 0.938 bits per heavy atom. The van der Waals surface area contributed by atoms with Crippen molar-refractivity contribution in [3.05, 3.63) is 59.7 Å². The molecule has 6 nitrogen and oxygen atoms in total. The molecule has 0 aliphatic heterocycles. The van der Waals surface area contributed by atoms with Crippen molar-refractivity contribution in [3.63, 3.8) is 0 Å². The van der Waals surface area contributed by atoms with E-state index in [4.69, 9.17) is 9.47 Å². The van der Waals surface area contributed by atoms with Crippen molar-refractivity contribution in [3.8, 4) is 11.5 Å². The third-order valence-electron chi connectivity index (χ3n) is 5.33. The molecule has 0 fully saturated rings. The number of amides is 2. The molecule has 2 atom stereocenters. The number of ether oxygens (including phenoxy) is 2. The highest BCUT2D eigenvalue weighted by Crippen LogP contribution is 2.19. The Balaban J connectivity index is 2.06. The van der Waals surface area contributed by atoms with Crippen LogP contribution in [0.1, 0.15) is 38.3 Å². The zero-order valence-corrected chi connectivity index (χ0v) is 20.4. The number of rotatable bonds is 12. The SMILES string of the molecule is CC[C@H](C)NC(=O)[C@@H](C)N(Cc1ccc(OC)cc1)C(=O)CSCc1ccc(OC)cc1. The van der Waals surface area contributed by atoms with Gasteiger partial charge < -0.3 is 19.7 Å². The van der Waals surface area contributed by atoms with Crippen molar-refractivity contribution < 1.29 is 19.1 Å². The number of benzene rings is 2. The van der Waals surface area contributed by atoms with Gasteiger partial charge >= 0.3 is 0 Å². The maximum absolute atomic E-state index is 13.1. The minimum atomic E-state index is -0.569. The van der Waals surface area contributed by atoms with Crippen LogP contribution in [-0.4, -0.2) is 48.8 Å². The van der Waals surface area contributed by atoms with Crippen LogP contribution >= 0.6 is 11.8 Å². The lowest BCUT2D eigenvalue weighted by molar-refractivity contribution is -0.138. The standard InChI is InChI=1S/C25H34N2O4S/c1-6-18(2)26-25(29)19(3)27(15-20-7-11-22(30-4)12-8-20)24(28)17-32-16-21-9-13-23(31-5)14-10-21/h7-14,18-19H,6,15-17H2,1-5H3,(H,26,29)/t18-,19+/m0/s1. The molecule has 0 spiro atoms. The third-order valence-corrected chi connectivity index (χ3v) is 6.32. The van der Waals surface area contributed by atoms with Gasteiger partial charge in [0.1, 0.15) is 17.5 Å². The average Bonchev–Trinajstić information content (AvgIpc) is 2.82. The van der Waals surface area contributed by atoms with Gasteiger partial charge in [0.25, 0.3) is 0 Å². The van der Waals surface area contributed by atoms with Crippen LogP contribution in [0.2, 0.25) is 0 Å². The number of hydrogen-bond donors (Lipinski definition) is 1. The third kappa shape index (κ3) is 7.79. The number of thioether (sulfide) groups is 1. The first-order valence-corrected chi connectivity index (χ1v) is 12.0. The number of nitrogens with zero attached hydrogens (tertiary/aromatic N) is 1. The lowest BCUT2D eigenvalue weighted by atomic mass is 10.1. The largest absolute Gasteiger partial charge is 0.497 e. The van der Waals surface area contributed by atoms with Gasteiger partial charge in [-0.15, -0.1) is 11.8 Å². The van der Waals surface area contributed by atoms with E-state index in [2.05, 4.69) is 5.32 Å². The number of carbonyl (C=O) groups is 2. The second-order valence-corrected chi connectivity index (χ2v) is 8.69. The summed E-state index contributed by atoms with van der Waals surface area (Å²) in [5.41, 5.74) is 2.07. The van der Waals surface area contributed by atoms with E-state index in [-0.39, 0.29) is 17.9 Å². The monoisotopic (exact) mass is 458 g/mol. The first kappa shape index (κ1) is 25.6. The van der Waals surface area contributed by atoms with E-state index in [1.165, 1.54) is 11.8 Å². The highest BCUT2D eigenvalue weighted by atomic mass is 32.2. The van der Waals surface area contributed by atoms with Gasteiger partial charge in [-0.05, 0) is 55.7 Å². The summed E-state index contributed by atoms with van der Waals surface area (Å²) in [6.07, 6.45) is 0.836. The van der Waals surface area contributed by atoms with Gasteiger partial charge in [0.05, 0.1) is 20.0 Å². The summed E-state index contributed by atoms with van der Waals surface area (Å²) in [5.74, 6) is 2.36. The van der Waals surface area contributed by atoms with Crippen molar-refractivity contribution in [2.24, 2.45) is 0 Å². The van der Waals surface area contributed by atoms with Crippen LogP contribution in [0.15, 0.2) is 48.5 Å². The van der Waals surface area contributed by atoms with Gasteiger partial charge in [-0.1, -0.05) is 31.2 Å². The maximum atomic E-state index is 13.1. The molecule has 0 aliphatic rings. The molecule has 0 heterocycles. The second-order valence-electron chi connectivity index (χ2n) is 7.70. The van der Waals surface area contributed by atoms with E-state index in [9.17, 15) is 9.59 Å². The molecule has 2 rings (SSSR count). The van der Waals surface area contributed by atoms with Crippen molar-refractivity contribution in [1.82, 2.24) is 10.2 Å². The van der Waals surface area contributed by atoms with E-state index < -0.39 is 6.04 Å². The summed E-state index contributed by atoms with van der Waals surface area (Å²) in [6, 6.07) is 14.9. The normalized spacial score (nSPS) is 12.5. The van der Waals surface area contributed by atoms with Crippen molar-refractivity contribution >= 4 is 23.6 Å². The van der Waals surface area contributed by atoms with Crippen LogP contribution < -0.4 is 14.8 Å². The van der Waals surface area contributed by atoms with Gasteiger partial charge in [0.2, 0.25) is 11.8 Å². The molecular formula is C25H34N2O4S. The van der Waals surface area contributed by atoms with Crippen LogP contribution in [-0.2, 0) is 21.9 Å². The van der Waals surface area contributed by atoms with Crippen molar-refractivity contribution in [2.75, 3.05) is 20.0 Å². The van der Waals surface area contributed by atoms with Crippen LogP contribution in [0.25, 0.3) is 0 Å². The summed E-state index contributed by atoms with van der Waals surface area (Å²) < 4.78 is 10.4. The number of nitrogens with one attached hydrogen (secondary N) is 1. The van der Waals surface area contributed by atoms with E-state index in [1.54, 1.807) is 26.0 Å². The minimum absolute atomic E-state index is 0.0623. The van der Waals surface area contributed by atoms with Crippen LogP contribution in [0.4, 0.5) is 0 Å². The molecule has 0 aromatic heterocycles. The Bertz CT molecular complexity index is 855. The van der Waals surface area contributed by atoms with Crippen molar-refractivity contribution in [1.29, 1.82) is 0 Å². The molecule has 1 N–H and O–H groups in total. The molecule has 2 aromatic carbocycles. The molecule has 0 saturated carbocycles. The number of methoxy groups -OCH3 is 2. The summed E-state index contributed by atoms with van der Waals surface area (Å²) in [5, 5.41) is 2.99. The number of carbonyl (C=O) groups excluding carboxylic acids is 2. The summed E-state index contributed by atoms with van der Waals surface area (Å²) in [7, 11) is 3.25. The van der Waals surface area contributed by atoms with Gasteiger partial charge in [-0.25, -0.2) is 0 Å². The molecule has 0 saturated heterocycles. The molecule has 0 bridgehead atoms. The van der Waals surface area contributed by atoms with Crippen LogP contribution in [0.5, 0.6) is 11.5 Å². The van der Waals surface area contributed by atoms with E-state index in [0.29, 0.717) is 18.1 Å². The maximum Gasteiger partial charge on any atom is 0.242 e. The Kier molecular flexibility index (Phi) is 10.4. The van der Waals surface area contributed by atoms with Crippen molar-refractivity contribution in [2.45, 2.75) is 51.6 Å². The molecule has 0 radical (unpaired) electrons. The molecule has 2 aromatic rings. The Morgan fingerprint density at radius 2 is 1.47 bits per heavy atom. The zero-order valence-electron chi connectivity index (χ0n) is 19.6. The molecule has 174 valence electrons. The lowest BCUT2D eigenvalue weighted by Crippen LogP contribution is -2.50. The average molecular weight is 459 g/mol. The first-order valence-electron chi connectivity index (χ1n) is 10.8. The second kappa shape index (κ2) is 13.0. The fourth-order valence-electron chi connectivity index (χ4n) is 3.04. The fourth-order valence-corrected chi connectivity index (χ4v) is 3.91. The topological polar surface area (TPSA) is 67.9 Å². The predicted molar refractivity (Wildman–Crippen MR) is 130 cm³/mol. The van der Waals surface area contributed by atoms with Gasteiger partial charge in [-0.3, -0.25) is 9.59 Å². The Labute approximate surface area is 195 Å². The predicted octanol–water partition coefficient (Wildman–Crippen LogP) is 4.27. The molecular weight excluding hydrogens is 424 g/mol. The van der Waals surface area contributed by atoms with E-state index in [1.807, 2.05) is 62.4 Å². The fraction of sp³-hybridized carbons (Fsp3) is 0.440. The molecule has 2 amide bonds. The van der Waals surface area contributed by atoms with Gasteiger partial charge in [0.15, 0.2) is 0 Å². The highest BCUT2D eigenvalue weighted by Gasteiger charge is 2.26. The molecule has 7 heteroatoms. The summed E-state index contributed by atoms with van der Waals surface area (Å²) >= 11 is 1.54. The first-order chi connectivity index (χ1) is 15.4. The minimum Gasteiger partial charge on any atom is -0.497 e. The molecule has 0 unspecified atom stereocenters. The van der Waals surface area contributed by atoms with Gasteiger partial charge in [-0.2, -0.15) is 0 Å². The molecule has 0 aliphatic carbocycles. The van der Waals surface area contributed by atoms with Crippen LogP contribution in [0, 0.1) is 0 Å². The quantitative estimate of drug-likeness (QED) is 0.515. The Hall–Kier alpha value is -2.67.